The Morgan fingerprint density at radius 3 is 3.00 bits per heavy atom. The summed E-state index contributed by atoms with van der Waals surface area (Å²) in [6.07, 6.45) is 6.56. The number of imidazole rings is 1. The third kappa shape index (κ3) is 0.968. The Morgan fingerprint density at radius 2 is 2.29 bits per heavy atom. The van der Waals surface area contributed by atoms with Gasteiger partial charge in [-0.1, -0.05) is 0 Å². The highest BCUT2D eigenvalue weighted by atomic mass is 16.1. The van der Waals surface area contributed by atoms with Crippen molar-refractivity contribution in [2.24, 2.45) is 0 Å². The van der Waals surface area contributed by atoms with E-state index in [0.717, 1.165) is 12.0 Å². The number of hydrogen-bond donors (Lipinski definition) is 0. The van der Waals surface area contributed by atoms with Gasteiger partial charge in [0.2, 0.25) is 5.78 Å². The first kappa shape index (κ1) is 7.67. The predicted molar refractivity (Wildman–Crippen MR) is 50.3 cm³/mol. The molecule has 4 nitrogen and oxygen atoms in total. The molecule has 0 amide bonds. The molecule has 2 aromatic heterocycles. The Hall–Kier alpha value is -1.71. The van der Waals surface area contributed by atoms with E-state index < -0.39 is 0 Å². The lowest BCUT2D eigenvalue weighted by Gasteiger charge is -2.03. The maximum absolute atomic E-state index is 10.8. The van der Waals surface area contributed by atoms with Gasteiger partial charge in [0, 0.05) is 11.9 Å². The molecular formula is C10H9N3O. The summed E-state index contributed by atoms with van der Waals surface area (Å²) in [5.74, 6) is 1.21. The highest BCUT2D eigenvalue weighted by Crippen LogP contribution is 2.39. The van der Waals surface area contributed by atoms with Crippen LogP contribution >= 0.6 is 0 Å². The lowest BCUT2D eigenvalue weighted by atomic mass is 10.3. The van der Waals surface area contributed by atoms with E-state index in [-0.39, 0.29) is 0 Å². The van der Waals surface area contributed by atoms with E-state index in [4.69, 9.17) is 0 Å². The first-order chi connectivity index (χ1) is 6.90. The molecule has 0 atom stereocenters. The SMILES string of the molecule is O=Cc1cnc2nccc(C3CC3)n12. The molecule has 0 saturated heterocycles. The minimum absolute atomic E-state index is 0.591. The number of rotatable bonds is 2. The fraction of sp³-hybridized carbons (Fsp3) is 0.300. The zero-order valence-corrected chi connectivity index (χ0v) is 7.55. The zero-order chi connectivity index (χ0) is 9.54. The van der Waals surface area contributed by atoms with Crippen LogP contribution in [0, 0.1) is 0 Å². The Bertz CT molecular complexity index is 499. The fourth-order valence-corrected chi connectivity index (χ4v) is 1.75. The Balaban J connectivity index is 2.35. The topological polar surface area (TPSA) is 47.3 Å². The van der Waals surface area contributed by atoms with Crippen molar-refractivity contribution in [3.8, 4) is 0 Å². The lowest BCUT2D eigenvalue weighted by molar-refractivity contribution is 0.111. The normalized spacial score (nSPS) is 16.0. The van der Waals surface area contributed by atoms with E-state index in [1.807, 2.05) is 10.5 Å². The van der Waals surface area contributed by atoms with Gasteiger partial charge in [0.15, 0.2) is 6.29 Å². The largest absolute Gasteiger partial charge is 0.296 e. The quantitative estimate of drug-likeness (QED) is 0.668. The van der Waals surface area contributed by atoms with Crippen LogP contribution < -0.4 is 0 Å². The van der Waals surface area contributed by atoms with Crippen molar-refractivity contribution < 1.29 is 4.79 Å². The van der Waals surface area contributed by atoms with Crippen molar-refractivity contribution >= 4 is 12.1 Å². The molecule has 14 heavy (non-hydrogen) atoms. The summed E-state index contributed by atoms with van der Waals surface area (Å²) < 4.78 is 1.85. The van der Waals surface area contributed by atoms with Crippen LogP contribution in [-0.4, -0.2) is 20.7 Å². The molecule has 0 radical (unpaired) electrons. The molecule has 3 rings (SSSR count). The van der Waals surface area contributed by atoms with Crippen molar-refractivity contribution in [3.05, 3.63) is 29.8 Å². The molecular weight excluding hydrogens is 178 g/mol. The second kappa shape index (κ2) is 2.64. The number of hydrogen-bond acceptors (Lipinski definition) is 3. The van der Waals surface area contributed by atoms with E-state index in [9.17, 15) is 4.79 Å². The molecule has 0 bridgehead atoms. The first-order valence-corrected chi connectivity index (χ1v) is 4.67. The Kier molecular flexibility index (Phi) is 1.45. The van der Waals surface area contributed by atoms with Crippen molar-refractivity contribution in [2.75, 3.05) is 0 Å². The minimum Gasteiger partial charge on any atom is -0.296 e. The number of carbonyl (C=O) groups is 1. The van der Waals surface area contributed by atoms with Crippen LogP contribution in [0.25, 0.3) is 5.78 Å². The molecule has 70 valence electrons. The van der Waals surface area contributed by atoms with Crippen molar-refractivity contribution in [1.82, 2.24) is 14.4 Å². The lowest BCUT2D eigenvalue weighted by Crippen LogP contribution is -2.00. The molecule has 4 heteroatoms. The molecule has 2 heterocycles. The summed E-state index contributed by atoms with van der Waals surface area (Å²) in [5, 5.41) is 0. The van der Waals surface area contributed by atoms with Gasteiger partial charge in [-0.25, -0.2) is 9.97 Å². The van der Waals surface area contributed by atoms with E-state index >= 15 is 0 Å². The van der Waals surface area contributed by atoms with Crippen LogP contribution in [0.4, 0.5) is 0 Å². The van der Waals surface area contributed by atoms with Crippen molar-refractivity contribution in [1.29, 1.82) is 0 Å². The van der Waals surface area contributed by atoms with Gasteiger partial charge < -0.3 is 0 Å². The predicted octanol–water partition coefficient (Wildman–Crippen LogP) is 1.42. The summed E-state index contributed by atoms with van der Waals surface area (Å²) >= 11 is 0. The second-order valence-electron chi connectivity index (χ2n) is 3.58. The average molecular weight is 187 g/mol. The summed E-state index contributed by atoms with van der Waals surface area (Å²) in [6, 6.07) is 1.97. The van der Waals surface area contributed by atoms with Crippen LogP contribution in [0.3, 0.4) is 0 Å². The molecule has 0 aromatic carbocycles. The van der Waals surface area contributed by atoms with Crippen LogP contribution in [0.1, 0.15) is 34.9 Å². The van der Waals surface area contributed by atoms with Gasteiger partial charge in [-0.15, -0.1) is 0 Å². The molecule has 1 aliphatic rings. The molecule has 1 saturated carbocycles. The Morgan fingerprint density at radius 1 is 1.43 bits per heavy atom. The van der Waals surface area contributed by atoms with E-state index in [1.165, 1.54) is 12.8 Å². The third-order valence-electron chi connectivity index (χ3n) is 2.58. The molecule has 1 aliphatic carbocycles. The average Bonchev–Trinajstić information content (AvgIpc) is 2.97. The van der Waals surface area contributed by atoms with Crippen LogP contribution in [-0.2, 0) is 0 Å². The molecule has 0 aliphatic heterocycles. The van der Waals surface area contributed by atoms with Gasteiger partial charge in [0.05, 0.1) is 6.20 Å². The van der Waals surface area contributed by atoms with Crippen LogP contribution in [0.5, 0.6) is 0 Å². The number of aldehydes is 1. The second-order valence-corrected chi connectivity index (χ2v) is 3.58. The van der Waals surface area contributed by atoms with Crippen LogP contribution in [0.15, 0.2) is 18.5 Å². The van der Waals surface area contributed by atoms with Gasteiger partial charge in [0.25, 0.3) is 0 Å². The number of fused-ring (bicyclic) bond motifs is 1. The van der Waals surface area contributed by atoms with Gasteiger partial charge in [-0.05, 0) is 24.8 Å². The standard InChI is InChI=1S/C10H9N3O/c14-6-8-5-12-10-11-4-3-9(13(8)10)7-1-2-7/h3-7H,1-2H2. The smallest absolute Gasteiger partial charge is 0.234 e. The Labute approximate surface area is 80.6 Å². The van der Waals surface area contributed by atoms with E-state index in [1.54, 1.807) is 12.4 Å². The monoisotopic (exact) mass is 187 g/mol. The molecule has 1 fully saturated rings. The van der Waals surface area contributed by atoms with Crippen LogP contribution in [0.2, 0.25) is 0 Å². The van der Waals surface area contributed by atoms with Gasteiger partial charge in [-0.3, -0.25) is 9.20 Å². The summed E-state index contributed by atoms with van der Waals surface area (Å²) in [7, 11) is 0. The van der Waals surface area contributed by atoms with Gasteiger partial charge in [0.1, 0.15) is 5.69 Å². The third-order valence-corrected chi connectivity index (χ3v) is 2.58. The van der Waals surface area contributed by atoms with Crippen molar-refractivity contribution in [2.45, 2.75) is 18.8 Å². The molecule has 2 aromatic rings. The van der Waals surface area contributed by atoms with E-state index in [0.29, 0.717) is 17.4 Å². The molecule has 0 N–H and O–H groups in total. The molecule has 0 unspecified atom stereocenters. The van der Waals surface area contributed by atoms with E-state index in [2.05, 4.69) is 9.97 Å². The minimum atomic E-state index is 0.591. The van der Waals surface area contributed by atoms with Gasteiger partial charge >= 0.3 is 0 Å². The van der Waals surface area contributed by atoms with Crippen molar-refractivity contribution in [3.63, 3.8) is 0 Å². The highest BCUT2D eigenvalue weighted by Gasteiger charge is 2.26. The fourth-order valence-electron chi connectivity index (χ4n) is 1.75. The number of carbonyl (C=O) groups excluding carboxylic acids is 1. The number of aromatic nitrogens is 3. The summed E-state index contributed by atoms with van der Waals surface area (Å²) in [5.41, 5.74) is 1.75. The zero-order valence-electron chi connectivity index (χ0n) is 7.55. The molecule has 0 spiro atoms. The first-order valence-electron chi connectivity index (χ1n) is 4.67. The maximum Gasteiger partial charge on any atom is 0.234 e. The highest BCUT2D eigenvalue weighted by molar-refractivity contribution is 5.73. The number of nitrogens with zero attached hydrogens (tertiary/aromatic N) is 3. The van der Waals surface area contributed by atoms with Gasteiger partial charge in [-0.2, -0.15) is 0 Å². The maximum atomic E-state index is 10.8. The summed E-state index contributed by atoms with van der Waals surface area (Å²) in [6.45, 7) is 0. The summed E-state index contributed by atoms with van der Waals surface area (Å²) in [4.78, 5) is 19.0.